The fourth-order valence-electron chi connectivity index (χ4n) is 3.69. The number of aromatic nitrogens is 4. The number of benzene rings is 2. The maximum absolute atomic E-state index is 13.9. The molecule has 0 fully saturated rings. The molecule has 0 bridgehead atoms. The number of imidazole rings is 2. The molecule has 2 N–H and O–H groups in total. The first-order valence-electron chi connectivity index (χ1n) is 12.7. The van der Waals surface area contributed by atoms with Gasteiger partial charge in [0.15, 0.2) is 22.8 Å². The zero-order chi connectivity index (χ0) is 37.8. The van der Waals surface area contributed by atoms with Crippen LogP contribution in [0.15, 0.2) is 38.0 Å². The largest absolute Gasteiger partial charge is 0.476 e. The molecule has 2 aromatic carbocycles. The maximum Gasteiger partial charge on any atom is 0.365 e. The van der Waals surface area contributed by atoms with Crippen LogP contribution in [0.2, 0.25) is 0 Å². The number of carboxylic acid groups (broad SMARTS) is 2. The molecular formula is C28H14F10N4O8. The topological polar surface area (TPSA) is 163 Å². The summed E-state index contributed by atoms with van der Waals surface area (Å²) in [4.78, 5) is 53.1. The summed E-state index contributed by atoms with van der Waals surface area (Å²) in [6.07, 6.45) is 4.32. The van der Waals surface area contributed by atoms with Gasteiger partial charge in [-0.25, -0.2) is 55.5 Å². The number of rotatable bonds is 10. The first-order valence-corrected chi connectivity index (χ1v) is 12.7. The number of ether oxygens (including phenoxy) is 2. The summed E-state index contributed by atoms with van der Waals surface area (Å²) in [6, 6.07) is 0. The first kappa shape index (κ1) is 38.0. The first-order chi connectivity index (χ1) is 23.4. The Morgan fingerprint density at radius 3 is 1.26 bits per heavy atom. The monoisotopic (exact) mass is 724 g/mol. The second kappa shape index (κ2) is 15.2. The summed E-state index contributed by atoms with van der Waals surface area (Å²) < 4.78 is 146. The minimum absolute atomic E-state index is 0.210. The van der Waals surface area contributed by atoms with Crippen LogP contribution in [0.3, 0.4) is 0 Å². The second-order valence-electron chi connectivity index (χ2n) is 8.95. The number of carbonyl (C=O) groups excluding carboxylic acids is 2. The molecule has 0 aliphatic carbocycles. The highest BCUT2D eigenvalue weighted by Crippen LogP contribution is 2.32. The molecule has 0 aliphatic heterocycles. The van der Waals surface area contributed by atoms with Crippen molar-refractivity contribution in [1.29, 1.82) is 0 Å². The van der Waals surface area contributed by atoms with E-state index in [1.54, 1.807) is 0 Å². The van der Waals surface area contributed by atoms with Crippen molar-refractivity contribution in [3.63, 3.8) is 0 Å². The van der Waals surface area contributed by atoms with E-state index < -0.39 is 117 Å². The Balaban J connectivity index is 0.000000403. The van der Waals surface area contributed by atoms with E-state index in [2.05, 4.69) is 32.6 Å². The molecule has 0 unspecified atom stereocenters. The molecule has 4 aromatic rings. The molecule has 264 valence electrons. The summed E-state index contributed by atoms with van der Waals surface area (Å²) >= 11 is 0. The number of hydrogen-bond donors (Lipinski definition) is 2. The van der Waals surface area contributed by atoms with Crippen molar-refractivity contribution in [2.75, 3.05) is 0 Å². The van der Waals surface area contributed by atoms with Gasteiger partial charge in [0.1, 0.15) is 0 Å². The van der Waals surface area contributed by atoms with E-state index in [0.717, 1.165) is 12.4 Å². The van der Waals surface area contributed by atoms with Crippen LogP contribution in [0.4, 0.5) is 43.9 Å². The molecule has 22 heteroatoms. The zero-order valence-corrected chi connectivity index (χ0v) is 24.1. The van der Waals surface area contributed by atoms with Gasteiger partial charge in [0.25, 0.3) is 0 Å². The minimum Gasteiger partial charge on any atom is -0.476 e. The normalized spacial score (nSPS) is 10.6. The van der Waals surface area contributed by atoms with Gasteiger partial charge in [0.05, 0.1) is 12.7 Å². The number of nitrogens with zero attached hydrogens (tertiary/aromatic N) is 4. The third-order valence-corrected chi connectivity index (χ3v) is 5.85. The van der Waals surface area contributed by atoms with E-state index in [0.29, 0.717) is 10.9 Å². The van der Waals surface area contributed by atoms with E-state index in [9.17, 15) is 63.1 Å². The van der Waals surface area contributed by atoms with Crippen LogP contribution in [0.1, 0.15) is 42.0 Å². The van der Waals surface area contributed by atoms with E-state index in [-0.39, 0.29) is 12.2 Å². The van der Waals surface area contributed by atoms with Crippen molar-refractivity contribution in [3.05, 3.63) is 119 Å². The van der Waals surface area contributed by atoms with Gasteiger partial charge in [-0.05, 0) is 0 Å². The molecule has 2 heterocycles. The Hall–Kier alpha value is -6.48. The number of allylic oxidation sites excluding steroid dienone is 2. The summed E-state index contributed by atoms with van der Waals surface area (Å²) in [5.74, 6) is -36.3. The molecule has 12 nitrogen and oxygen atoms in total. The Morgan fingerprint density at radius 1 is 0.560 bits per heavy atom. The third-order valence-electron chi connectivity index (χ3n) is 5.85. The van der Waals surface area contributed by atoms with Crippen molar-refractivity contribution >= 4 is 23.9 Å². The smallest absolute Gasteiger partial charge is 0.365 e. The summed E-state index contributed by atoms with van der Waals surface area (Å²) in [5, 5.41) is 17.4. The van der Waals surface area contributed by atoms with Crippen LogP contribution in [0.5, 0.6) is 11.5 Å². The molecular weight excluding hydrogens is 710 g/mol. The van der Waals surface area contributed by atoms with Crippen molar-refractivity contribution in [3.8, 4) is 11.5 Å². The molecule has 50 heavy (non-hydrogen) atoms. The van der Waals surface area contributed by atoms with E-state index >= 15 is 0 Å². The molecule has 0 aliphatic rings. The summed E-state index contributed by atoms with van der Waals surface area (Å²) in [5.41, 5.74) is -3.21. The number of esters is 2. The molecule has 0 atom stereocenters. The number of halogens is 10. The molecule has 0 radical (unpaired) electrons. The fraction of sp³-hybridized carbons (Fsp3) is 0.0714. The molecule has 2 aromatic heterocycles. The lowest BCUT2D eigenvalue weighted by Crippen LogP contribution is -2.22. The van der Waals surface area contributed by atoms with Gasteiger partial charge in [-0.15, -0.1) is 13.2 Å². The van der Waals surface area contributed by atoms with Crippen LogP contribution in [-0.2, 0) is 13.1 Å². The standard InChI is InChI=1S/C20H6F10N2O4.C8H8N2O4/c1-2-3-32-4-31-15(19(33)35-17-11(27)7(23)5(21)8(24)12(17)28)16(32)20(34)36-18-13(29)9(25)6(22)10(26)14(18)30;1-2-3-10-4-9-5(7(11)12)6(10)8(13)14/h2,4H,1,3H2;2,4H,1,3H2,(H,11,12)(H,13,14). The molecule has 0 amide bonds. The van der Waals surface area contributed by atoms with Crippen LogP contribution >= 0.6 is 0 Å². The van der Waals surface area contributed by atoms with Gasteiger partial charge in [-0.1, -0.05) is 12.2 Å². The van der Waals surface area contributed by atoms with Gasteiger partial charge in [0.2, 0.25) is 69.7 Å². The van der Waals surface area contributed by atoms with Crippen molar-refractivity contribution in [2.24, 2.45) is 0 Å². The number of hydrogen-bond acceptors (Lipinski definition) is 8. The van der Waals surface area contributed by atoms with Crippen LogP contribution < -0.4 is 9.47 Å². The van der Waals surface area contributed by atoms with Gasteiger partial charge in [0, 0.05) is 13.1 Å². The lowest BCUT2D eigenvalue weighted by atomic mass is 10.2. The SMILES string of the molecule is C=CCn1cnc(C(=O)O)c1C(=O)O.C=CCn1cnc(C(=O)Oc2c(F)c(F)c(F)c(F)c2F)c1C(=O)Oc1c(F)c(F)c(F)c(F)c1F. The van der Waals surface area contributed by atoms with Crippen LogP contribution in [-0.4, -0.2) is 53.2 Å². The minimum atomic E-state index is -2.58. The average molecular weight is 724 g/mol. The van der Waals surface area contributed by atoms with Crippen molar-refractivity contribution < 1.29 is 82.8 Å². The van der Waals surface area contributed by atoms with Gasteiger partial charge in [-0.2, -0.15) is 17.6 Å². The van der Waals surface area contributed by atoms with Gasteiger partial charge >= 0.3 is 23.9 Å². The average Bonchev–Trinajstić information content (AvgIpc) is 3.70. The fourth-order valence-corrected chi connectivity index (χ4v) is 3.69. The van der Waals surface area contributed by atoms with E-state index in [1.165, 1.54) is 10.6 Å². The highest BCUT2D eigenvalue weighted by Gasteiger charge is 2.34. The predicted octanol–water partition coefficient (Wildman–Crippen LogP) is 5.36. The third kappa shape index (κ3) is 7.17. The molecule has 4 rings (SSSR count). The highest BCUT2D eigenvalue weighted by atomic mass is 19.2. The second-order valence-corrected chi connectivity index (χ2v) is 8.95. The maximum atomic E-state index is 13.9. The number of aromatic carboxylic acids is 2. The molecule has 0 spiro atoms. The number of carbonyl (C=O) groups is 4. The van der Waals surface area contributed by atoms with E-state index in [4.69, 9.17) is 10.2 Å². The zero-order valence-electron chi connectivity index (χ0n) is 24.1. The Bertz CT molecular complexity index is 2020. The van der Waals surface area contributed by atoms with Crippen molar-refractivity contribution in [1.82, 2.24) is 19.1 Å². The quantitative estimate of drug-likeness (QED) is 0.0544. The Kier molecular flexibility index (Phi) is 11.5. The summed E-state index contributed by atoms with van der Waals surface area (Å²) in [6.45, 7) is 6.48. The highest BCUT2D eigenvalue weighted by molar-refractivity contribution is 6.02. The van der Waals surface area contributed by atoms with Crippen molar-refractivity contribution in [2.45, 2.75) is 13.1 Å². The van der Waals surface area contributed by atoms with Gasteiger partial charge < -0.3 is 28.8 Å². The van der Waals surface area contributed by atoms with Gasteiger partial charge in [-0.3, -0.25) is 0 Å². The van der Waals surface area contributed by atoms with Crippen LogP contribution in [0, 0.1) is 58.2 Å². The summed E-state index contributed by atoms with van der Waals surface area (Å²) in [7, 11) is 0. The Morgan fingerprint density at radius 2 is 0.900 bits per heavy atom. The lowest BCUT2D eigenvalue weighted by Gasteiger charge is -2.11. The Labute approximate surface area is 269 Å². The van der Waals surface area contributed by atoms with E-state index in [1.807, 2.05) is 0 Å². The number of carboxylic acids is 2. The molecule has 0 saturated heterocycles. The van der Waals surface area contributed by atoms with Crippen LogP contribution in [0.25, 0.3) is 0 Å². The predicted molar refractivity (Wildman–Crippen MR) is 141 cm³/mol. The molecule has 0 saturated carbocycles. The lowest BCUT2D eigenvalue weighted by molar-refractivity contribution is 0.0641.